The quantitative estimate of drug-likeness (QED) is 0.123. The van der Waals surface area contributed by atoms with E-state index in [1.165, 1.54) is 64.4 Å². The first-order valence-electron chi connectivity index (χ1n) is 19.4. The molecule has 0 atom stereocenters. The van der Waals surface area contributed by atoms with Crippen molar-refractivity contribution in [3.63, 3.8) is 0 Å². The molecule has 1 aliphatic carbocycles. The monoisotopic (exact) mass is 959 g/mol. The van der Waals surface area contributed by atoms with E-state index in [0.29, 0.717) is 5.92 Å². The van der Waals surface area contributed by atoms with Gasteiger partial charge in [-0.15, -0.1) is 17.7 Å². The van der Waals surface area contributed by atoms with Crippen LogP contribution >= 0.6 is 0 Å². The molecular formula is C50H48GeIrN2O-2. The molecule has 0 bridgehead atoms. The summed E-state index contributed by atoms with van der Waals surface area (Å²) < 4.78 is 8.03. The largest absolute Gasteiger partial charge is 0 e. The predicted octanol–water partition coefficient (Wildman–Crippen LogP) is 12.7. The molecule has 0 amide bonds. The number of aromatic nitrogens is 2. The summed E-state index contributed by atoms with van der Waals surface area (Å²) in [7, 11) is 0. The molecule has 1 radical (unpaired) electrons. The van der Waals surface area contributed by atoms with Gasteiger partial charge in [-0.3, -0.25) is 0 Å². The molecule has 0 unspecified atom stereocenters. The van der Waals surface area contributed by atoms with Crippen LogP contribution in [0.25, 0.3) is 66.4 Å². The molecule has 8 aromatic rings. The van der Waals surface area contributed by atoms with Crippen LogP contribution in [0, 0.1) is 25.0 Å². The first-order chi connectivity index (χ1) is 26.1. The molecule has 3 aromatic heterocycles. The van der Waals surface area contributed by atoms with E-state index in [-0.39, 0.29) is 20.1 Å². The first kappa shape index (κ1) is 38.9. The molecule has 279 valence electrons. The fraction of sp³-hybridized carbons (Fsp3) is 0.240. The van der Waals surface area contributed by atoms with Gasteiger partial charge in [-0.2, -0.15) is 0 Å². The Kier molecular flexibility index (Phi) is 11.6. The van der Waals surface area contributed by atoms with E-state index in [9.17, 15) is 0 Å². The van der Waals surface area contributed by atoms with Crippen molar-refractivity contribution in [1.29, 1.82) is 0 Å². The smallest absolute Gasteiger partial charge is 0 e. The number of hydrogen-bond acceptors (Lipinski definition) is 3. The number of furan rings is 1. The molecule has 0 spiro atoms. The molecule has 0 fully saturated rings. The zero-order valence-corrected chi connectivity index (χ0v) is 37.2. The maximum atomic E-state index is 6.42. The average molecular weight is 958 g/mol. The van der Waals surface area contributed by atoms with Crippen LogP contribution in [0.3, 0.4) is 0 Å². The van der Waals surface area contributed by atoms with Gasteiger partial charge in [-0.1, -0.05) is 91.9 Å². The van der Waals surface area contributed by atoms with Gasteiger partial charge in [-0.25, -0.2) is 0 Å². The number of nitrogens with zero attached hydrogens (tertiary/aromatic N) is 2. The Bertz CT molecular complexity index is 2610. The molecule has 0 aliphatic heterocycles. The van der Waals surface area contributed by atoms with E-state index in [0.717, 1.165) is 50.7 Å². The Hall–Kier alpha value is -4.35. The molecule has 3 nitrogen and oxygen atoms in total. The van der Waals surface area contributed by atoms with Crippen LogP contribution in [-0.4, -0.2) is 23.2 Å². The third-order valence-corrected chi connectivity index (χ3v) is 14.9. The second-order valence-corrected chi connectivity index (χ2v) is 26.8. The van der Waals surface area contributed by atoms with E-state index < -0.39 is 13.3 Å². The Morgan fingerprint density at radius 3 is 2.35 bits per heavy atom. The second kappa shape index (κ2) is 16.4. The maximum Gasteiger partial charge on any atom is 0 e. The van der Waals surface area contributed by atoms with Crippen LogP contribution < -0.4 is 4.40 Å². The molecule has 5 heteroatoms. The number of benzene rings is 5. The standard InChI is InChI=1S/C32H26NO.C18H22GeN.Ir/c1-20(2)15-22-13-14-33-30(18-22)29-17-21(3)16-28-27-19-24(11-12-31(27)34-32(28)29)26-10-6-8-23-7-4-5-9-25(23)26;1-19(2,3)17-13-20-18(14-9-5-4-6-10-14)16-12-8-7-11-15(16)17;/h4-14,16,18-20H,15H2,1-3H3;4-6,9,13H,7-8,11-12H2,1-3H3;/q2*-1;. The molecule has 0 saturated heterocycles. The third kappa shape index (κ3) is 8.15. The zero-order valence-electron chi connectivity index (χ0n) is 32.7. The minimum atomic E-state index is -1.83. The predicted molar refractivity (Wildman–Crippen MR) is 230 cm³/mol. The molecule has 1 aliphatic rings. The summed E-state index contributed by atoms with van der Waals surface area (Å²) in [6, 6.07) is 43.1. The number of pyridine rings is 2. The van der Waals surface area contributed by atoms with Gasteiger partial charge in [0.05, 0.1) is 5.58 Å². The third-order valence-electron chi connectivity index (χ3n) is 10.6. The van der Waals surface area contributed by atoms with Crippen LogP contribution in [0.5, 0.6) is 0 Å². The van der Waals surface area contributed by atoms with Crippen LogP contribution in [0.4, 0.5) is 0 Å². The fourth-order valence-corrected chi connectivity index (χ4v) is 11.6. The second-order valence-electron chi connectivity index (χ2n) is 16.3. The Balaban J connectivity index is 0.000000190. The number of aryl methyl sites for hydroxylation is 1. The molecule has 5 aromatic carbocycles. The SMILES string of the molecule is Cc1[c-]c(-c2cc(CC(C)C)ccn2)c2oc3ccc(-c4cccc5ccccc45)cc3c2c1.[CH3][Ge]([CH3])([CH3])[c]1cnc(-c2[c-]cccc2)c2c1CCCC2.[Ir]. The summed E-state index contributed by atoms with van der Waals surface area (Å²) in [5.41, 5.74) is 13.9. The average Bonchev–Trinajstić information content (AvgIpc) is 3.54. The van der Waals surface area contributed by atoms with Crippen molar-refractivity contribution in [2.45, 2.75) is 70.1 Å². The van der Waals surface area contributed by atoms with Gasteiger partial charge < -0.3 is 9.40 Å². The Labute approximate surface area is 342 Å². The van der Waals surface area contributed by atoms with Gasteiger partial charge in [-0.05, 0) is 58.1 Å². The molecule has 0 N–H and O–H groups in total. The summed E-state index contributed by atoms with van der Waals surface area (Å²) in [4.78, 5) is 9.53. The summed E-state index contributed by atoms with van der Waals surface area (Å²) in [5.74, 6) is 8.01. The van der Waals surface area contributed by atoms with Crippen molar-refractivity contribution in [2.24, 2.45) is 5.92 Å². The van der Waals surface area contributed by atoms with Gasteiger partial charge in [0.1, 0.15) is 5.58 Å². The van der Waals surface area contributed by atoms with E-state index >= 15 is 0 Å². The van der Waals surface area contributed by atoms with Crippen molar-refractivity contribution in [2.75, 3.05) is 0 Å². The normalized spacial score (nSPS) is 12.7. The summed E-state index contributed by atoms with van der Waals surface area (Å²) in [6.07, 6.45) is 10.2. The zero-order chi connectivity index (χ0) is 37.4. The number of hydrogen-bond donors (Lipinski definition) is 0. The minimum absolute atomic E-state index is 0. The van der Waals surface area contributed by atoms with E-state index in [1.807, 2.05) is 18.3 Å². The maximum absolute atomic E-state index is 6.42. The molecule has 0 saturated carbocycles. The summed E-state index contributed by atoms with van der Waals surface area (Å²) in [5, 5.41) is 4.74. The van der Waals surface area contributed by atoms with Crippen molar-refractivity contribution in [1.82, 2.24) is 9.97 Å². The first-order valence-corrected chi connectivity index (χ1v) is 26.8. The number of rotatable bonds is 6. The van der Waals surface area contributed by atoms with Gasteiger partial charge in [0, 0.05) is 31.7 Å². The van der Waals surface area contributed by atoms with E-state index in [4.69, 9.17) is 9.40 Å². The van der Waals surface area contributed by atoms with Gasteiger partial charge in [0.2, 0.25) is 0 Å². The fourth-order valence-electron chi connectivity index (χ4n) is 8.15. The van der Waals surface area contributed by atoms with E-state index in [2.05, 4.69) is 152 Å². The van der Waals surface area contributed by atoms with Gasteiger partial charge in [0.15, 0.2) is 0 Å². The Morgan fingerprint density at radius 2 is 1.56 bits per heavy atom. The van der Waals surface area contributed by atoms with Crippen molar-refractivity contribution in [3.05, 3.63) is 150 Å². The molecule has 3 heterocycles. The Morgan fingerprint density at radius 1 is 0.782 bits per heavy atom. The number of fused-ring (bicyclic) bond motifs is 5. The van der Waals surface area contributed by atoms with Gasteiger partial charge >= 0.3 is 125 Å². The minimum Gasteiger partial charge on any atom is 0 e. The van der Waals surface area contributed by atoms with Crippen molar-refractivity contribution < 1.29 is 24.5 Å². The van der Waals surface area contributed by atoms with Crippen molar-refractivity contribution in [3.8, 4) is 33.6 Å². The van der Waals surface area contributed by atoms with Crippen LogP contribution in [0.1, 0.15) is 48.9 Å². The molecule has 55 heavy (non-hydrogen) atoms. The van der Waals surface area contributed by atoms with Crippen LogP contribution in [-0.2, 0) is 39.4 Å². The summed E-state index contributed by atoms with van der Waals surface area (Å²) in [6.45, 7) is 6.57. The van der Waals surface area contributed by atoms with Crippen LogP contribution in [0.15, 0.2) is 120 Å². The molecular weight excluding hydrogens is 909 g/mol. The van der Waals surface area contributed by atoms with Crippen molar-refractivity contribution >= 4 is 50.4 Å². The van der Waals surface area contributed by atoms with Gasteiger partial charge in [0.25, 0.3) is 0 Å². The topological polar surface area (TPSA) is 38.9 Å². The van der Waals surface area contributed by atoms with Crippen LogP contribution in [0.2, 0.25) is 17.3 Å². The molecule has 9 rings (SSSR count). The van der Waals surface area contributed by atoms with E-state index in [1.54, 1.807) is 9.96 Å². The summed E-state index contributed by atoms with van der Waals surface area (Å²) >= 11 is -1.83.